The van der Waals surface area contributed by atoms with E-state index in [1.807, 2.05) is 6.92 Å². The van der Waals surface area contributed by atoms with Crippen LogP contribution in [-0.2, 0) is 26.8 Å². The molecular weight excluding hydrogens is 259 g/mol. The van der Waals surface area contributed by atoms with Gasteiger partial charge in [0.25, 0.3) is 0 Å². The Balaban J connectivity index is 2.18. The van der Waals surface area contributed by atoms with Gasteiger partial charge in [0, 0.05) is 44.2 Å². The highest BCUT2D eigenvalue weighted by Gasteiger charge is 2.36. The van der Waals surface area contributed by atoms with Crippen molar-refractivity contribution in [2.45, 2.75) is 19.6 Å². The number of nitrogens with zero attached hydrogens (tertiary/aromatic N) is 4. The molecule has 0 spiro atoms. The topological polar surface area (TPSA) is 47.7 Å². The van der Waals surface area contributed by atoms with Crippen LogP contribution in [0.2, 0.25) is 0 Å². The number of aryl methyl sites for hydroxylation is 3. The van der Waals surface area contributed by atoms with E-state index in [2.05, 4.69) is 15.5 Å². The zero-order valence-electron chi connectivity index (χ0n) is 10.8. The molecular formula is C11H14F3N5. The normalized spacial score (nSPS) is 11.9. The van der Waals surface area contributed by atoms with E-state index in [-0.39, 0.29) is 12.1 Å². The van der Waals surface area contributed by atoms with Crippen molar-refractivity contribution in [2.24, 2.45) is 14.1 Å². The molecule has 0 aliphatic heterocycles. The maximum Gasteiger partial charge on any atom is 0.435 e. The van der Waals surface area contributed by atoms with Gasteiger partial charge in [-0.15, -0.1) is 0 Å². The Bertz CT molecular complexity index is 582. The molecule has 2 aromatic heterocycles. The third-order valence-electron chi connectivity index (χ3n) is 2.63. The number of hydrogen-bond donors (Lipinski definition) is 1. The van der Waals surface area contributed by atoms with Gasteiger partial charge in [-0.25, -0.2) is 0 Å². The molecule has 0 aromatic carbocycles. The Hall–Kier alpha value is -1.99. The van der Waals surface area contributed by atoms with E-state index >= 15 is 0 Å². The Labute approximate surface area is 108 Å². The quantitative estimate of drug-likeness (QED) is 0.931. The molecule has 5 nitrogen and oxygen atoms in total. The van der Waals surface area contributed by atoms with Crippen molar-refractivity contribution < 1.29 is 13.2 Å². The second-order valence-corrected chi connectivity index (χ2v) is 4.36. The highest BCUT2D eigenvalue weighted by atomic mass is 19.4. The van der Waals surface area contributed by atoms with E-state index in [4.69, 9.17) is 0 Å². The van der Waals surface area contributed by atoms with Gasteiger partial charge in [-0.1, -0.05) is 0 Å². The van der Waals surface area contributed by atoms with Gasteiger partial charge < -0.3 is 5.32 Å². The molecule has 2 heterocycles. The Morgan fingerprint density at radius 2 is 1.79 bits per heavy atom. The summed E-state index contributed by atoms with van der Waals surface area (Å²) in [7, 11) is 3.22. The standard InChI is InChI=1S/C11H14F3N5/c1-7-5-18(2)17-10(7)15-4-8-6-19(3)16-9(8)11(12,13)14/h5-6H,4H2,1-3H3,(H,15,17). The monoisotopic (exact) mass is 273 g/mol. The summed E-state index contributed by atoms with van der Waals surface area (Å²) in [6, 6.07) is 0. The Morgan fingerprint density at radius 3 is 2.32 bits per heavy atom. The minimum Gasteiger partial charge on any atom is -0.364 e. The van der Waals surface area contributed by atoms with Gasteiger partial charge >= 0.3 is 6.18 Å². The van der Waals surface area contributed by atoms with Gasteiger partial charge in [0.05, 0.1) is 0 Å². The van der Waals surface area contributed by atoms with E-state index in [0.717, 1.165) is 10.2 Å². The van der Waals surface area contributed by atoms with Gasteiger partial charge in [0.2, 0.25) is 0 Å². The summed E-state index contributed by atoms with van der Waals surface area (Å²) < 4.78 is 41.0. The molecule has 0 amide bonds. The highest BCUT2D eigenvalue weighted by molar-refractivity contribution is 5.42. The van der Waals surface area contributed by atoms with Crippen LogP contribution in [0.1, 0.15) is 16.8 Å². The fourth-order valence-electron chi connectivity index (χ4n) is 1.87. The summed E-state index contributed by atoms with van der Waals surface area (Å²) in [6.45, 7) is 1.86. The molecule has 1 N–H and O–H groups in total. The van der Waals surface area contributed by atoms with Crippen LogP contribution in [0.4, 0.5) is 19.0 Å². The van der Waals surface area contributed by atoms with Crippen LogP contribution in [-0.4, -0.2) is 19.6 Å². The van der Waals surface area contributed by atoms with E-state index in [1.54, 1.807) is 17.9 Å². The third-order valence-corrected chi connectivity index (χ3v) is 2.63. The smallest absolute Gasteiger partial charge is 0.364 e. The molecule has 0 fully saturated rings. The predicted octanol–water partition coefficient (Wildman–Crippen LogP) is 2.09. The molecule has 19 heavy (non-hydrogen) atoms. The van der Waals surface area contributed by atoms with Gasteiger partial charge in [-0.2, -0.15) is 23.4 Å². The van der Waals surface area contributed by atoms with Crippen LogP contribution in [0, 0.1) is 6.92 Å². The second kappa shape index (κ2) is 4.60. The van der Waals surface area contributed by atoms with E-state index in [9.17, 15) is 13.2 Å². The average Bonchev–Trinajstić information content (AvgIpc) is 2.78. The lowest BCUT2D eigenvalue weighted by Crippen LogP contribution is -2.12. The maximum absolute atomic E-state index is 12.7. The number of anilines is 1. The molecule has 104 valence electrons. The van der Waals surface area contributed by atoms with Crippen LogP contribution in [0.3, 0.4) is 0 Å². The summed E-state index contributed by atoms with van der Waals surface area (Å²) in [5.41, 5.74) is 0.107. The first-order valence-electron chi connectivity index (χ1n) is 5.61. The number of rotatable bonds is 3. The lowest BCUT2D eigenvalue weighted by Gasteiger charge is -2.07. The van der Waals surface area contributed by atoms with Crippen LogP contribution in [0.15, 0.2) is 12.4 Å². The van der Waals surface area contributed by atoms with Crippen LogP contribution < -0.4 is 5.32 Å². The zero-order chi connectivity index (χ0) is 14.2. The predicted molar refractivity (Wildman–Crippen MR) is 63.5 cm³/mol. The zero-order valence-corrected chi connectivity index (χ0v) is 10.8. The molecule has 0 radical (unpaired) electrons. The molecule has 2 rings (SSSR count). The summed E-state index contributed by atoms with van der Waals surface area (Å²) in [6.07, 6.45) is -1.30. The molecule has 0 aliphatic rings. The van der Waals surface area contributed by atoms with E-state index < -0.39 is 11.9 Å². The Kier molecular flexibility index (Phi) is 3.25. The summed E-state index contributed by atoms with van der Waals surface area (Å²) in [4.78, 5) is 0. The van der Waals surface area contributed by atoms with Gasteiger partial charge in [-0.05, 0) is 6.92 Å². The SMILES string of the molecule is Cc1cn(C)nc1NCc1cn(C)nc1C(F)(F)F. The molecule has 0 saturated carbocycles. The molecule has 0 aliphatic carbocycles. The van der Waals surface area contributed by atoms with Gasteiger partial charge in [0.1, 0.15) is 0 Å². The van der Waals surface area contributed by atoms with Crippen molar-refractivity contribution >= 4 is 5.82 Å². The number of nitrogens with one attached hydrogen (secondary N) is 1. The van der Waals surface area contributed by atoms with E-state index in [1.165, 1.54) is 13.2 Å². The number of hydrogen-bond acceptors (Lipinski definition) is 3. The summed E-state index contributed by atoms with van der Waals surface area (Å²) in [5.74, 6) is 0.569. The van der Waals surface area contributed by atoms with Crippen LogP contribution in [0.25, 0.3) is 0 Å². The van der Waals surface area contributed by atoms with Crippen molar-refractivity contribution in [3.05, 3.63) is 29.2 Å². The molecule has 2 aromatic rings. The average molecular weight is 273 g/mol. The third kappa shape index (κ3) is 2.88. The minimum absolute atomic E-state index is 0.0283. The number of alkyl halides is 3. The van der Waals surface area contributed by atoms with Crippen LogP contribution >= 0.6 is 0 Å². The first-order valence-corrected chi connectivity index (χ1v) is 5.61. The fourth-order valence-corrected chi connectivity index (χ4v) is 1.87. The lowest BCUT2D eigenvalue weighted by atomic mass is 10.2. The minimum atomic E-state index is -4.45. The maximum atomic E-state index is 12.7. The molecule has 0 bridgehead atoms. The fraction of sp³-hybridized carbons (Fsp3) is 0.455. The first kappa shape index (κ1) is 13.4. The highest BCUT2D eigenvalue weighted by Crippen LogP contribution is 2.30. The largest absolute Gasteiger partial charge is 0.435 e. The van der Waals surface area contributed by atoms with Crippen molar-refractivity contribution in [3.63, 3.8) is 0 Å². The molecule has 0 atom stereocenters. The lowest BCUT2D eigenvalue weighted by molar-refractivity contribution is -0.142. The van der Waals surface area contributed by atoms with Crippen LogP contribution in [0.5, 0.6) is 0 Å². The number of halogens is 3. The number of aromatic nitrogens is 4. The molecule has 0 unspecified atom stereocenters. The second-order valence-electron chi connectivity index (χ2n) is 4.36. The van der Waals surface area contributed by atoms with Gasteiger partial charge in [0.15, 0.2) is 11.5 Å². The summed E-state index contributed by atoms with van der Waals surface area (Å²) in [5, 5.41) is 10.5. The first-order chi connectivity index (χ1) is 8.77. The Morgan fingerprint density at radius 1 is 1.16 bits per heavy atom. The molecule has 0 saturated heterocycles. The van der Waals surface area contributed by atoms with Crippen molar-refractivity contribution in [3.8, 4) is 0 Å². The molecule has 8 heteroatoms. The van der Waals surface area contributed by atoms with Crippen molar-refractivity contribution in [1.82, 2.24) is 19.6 Å². The summed E-state index contributed by atoms with van der Waals surface area (Å²) >= 11 is 0. The van der Waals surface area contributed by atoms with E-state index in [0.29, 0.717) is 5.82 Å². The van der Waals surface area contributed by atoms with Gasteiger partial charge in [-0.3, -0.25) is 9.36 Å². The van der Waals surface area contributed by atoms with Crippen molar-refractivity contribution in [1.29, 1.82) is 0 Å². The van der Waals surface area contributed by atoms with Crippen molar-refractivity contribution in [2.75, 3.05) is 5.32 Å².